The summed E-state index contributed by atoms with van der Waals surface area (Å²) in [5.41, 5.74) is -2.29. The van der Waals surface area contributed by atoms with Crippen LogP contribution in [0.25, 0.3) is 0 Å². The second-order valence-corrected chi connectivity index (χ2v) is 6.95. The summed E-state index contributed by atoms with van der Waals surface area (Å²) >= 11 is 0. The van der Waals surface area contributed by atoms with Crippen LogP contribution in [0.3, 0.4) is 0 Å². The number of carboxylic acid groups (broad SMARTS) is 2. The van der Waals surface area contributed by atoms with Crippen LogP contribution in [0.2, 0.25) is 0 Å². The largest absolute Gasteiger partial charge is 0.481 e. The van der Waals surface area contributed by atoms with Gasteiger partial charge in [0.25, 0.3) is 0 Å². The van der Waals surface area contributed by atoms with Crippen molar-refractivity contribution >= 4 is 17.7 Å². The highest BCUT2D eigenvalue weighted by atomic mass is 16.5. The van der Waals surface area contributed by atoms with E-state index in [2.05, 4.69) is 6.92 Å². The lowest BCUT2D eigenvalue weighted by molar-refractivity contribution is -0.187. The summed E-state index contributed by atoms with van der Waals surface area (Å²) in [7, 11) is 0. The standard InChI is InChI=1S/C20H36O6/c1-4-6-8-10-11-13-15-26-20(16(3)21,19(24)25)17(18(22)23)14-12-9-7-5-2/h17H,4-15H2,1-3H3,(H,22,23)(H,24,25). The van der Waals surface area contributed by atoms with Gasteiger partial charge in [0.2, 0.25) is 5.60 Å². The van der Waals surface area contributed by atoms with Crippen molar-refractivity contribution in [2.24, 2.45) is 5.92 Å². The van der Waals surface area contributed by atoms with E-state index in [1.807, 2.05) is 6.92 Å². The Morgan fingerprint density at radius 1 is 0.846 bits per heavy atom. The van der Waals surface area contributed by atoms with E-state index in [1.54, 1.807) is 0 Å². The molecule has 0 aliphatic heterocycles. The molecule has 152 valence electrons. The van der Waals surface area contributed by atoms with E-state index in [0.29, 0.717) is 12.8 Å². The third-order valence-electron chi connectivity index (χ3n) is 4.80. The van der Waals surface area contributed by atoms with Crippen molar-refractivity contribution in [3.63, 3.8) is 0 Å². The minimum absolute atomic E-state index is 0.0801. The van der Waals surface area contributed by atoms with Crippen LogP contribution in [-0.4, -0.2) is 40.1 Å². The molecule has 0 aromatic rings. The molecule has 6 nitrogen and oxygen atoms in total. The van der Waals surface area contributed by atoms with Gasteiger partial charge in [0.1, 0.15) is 5.92 Å². The number of ketones is 1. The number of carbonyl (C=O) groups excluding carboxylic acids is 1. The van der Waals surface area contributed by atoms with Crippen LogP contribution >= 0.6 is 0 Å². The summed E-state index contributed by atoms with van der Waals surface area (Å²) in [5.74, 6) is -4.91. The SMILES string of the molecule is CCCCCCCCOC(C(C)=O)(C(=O)O)C(CCCCCC)C(=O)O. The molecule has 0 saturated heterocycles. The Hall–Kier alpha value is -1.43. The van der Waals surface area contributed by atoms with E-state index >= 15 is 0 Å². The quantitative estimate of drug-likeness (QED) is 0.289. The number of carbonyl (C=O) groups is 3. The number of ether oxygens (including phenoxy) is 1. The van der Waals surface area contributed by atoms with Crippen LogP contribution < -0.4 is 0 Å². The van der Waals surface area contributed by atoms with Gasteiger partial charge in [-0.1, -0.05) is 71.6 Å². The van der Waals surface area contributed by atoms with Gasteiger partial charge in [-0.3, -0.25) is 9.59 Å². The van der Waals surface area contributed by atoms with E-state index in [9.17, 15) is 24.6 Å². The molecule has 2 N–H and O–H groups in total. The van der Waals surface area contributed by atoms with E-state index in [1.165, 1.54) is 0 Å². The summed E-state index contributed by atoms with van der Waals surface area (Å²) in [6.07, 6.45) is 9.37. The number of hydrogen-bond acceptors (Lipinski definition) is 4. The Balaban J connectivity index is 4.99. The van der Waals surface area contributed by atoms with E-state index in [0.717, 1.165) is 58.3 Å². The second kappa shape index (κ2) is 13.7. The number of Topliss-reactive ketones (excluding diaryl/α,β-unsaturated/α-hetero) is 1. The lowest BCUT2D eigenvalue weighted by Crippen LogP contribution is -2.56. The minimum atomic E-state index is -2.29. The number of hydrogen-bond donors (Lipinski definition) is 2. The summed E-state index contributed by atoms with van der Waals surface area (Å²) in [6, 6.07) is 0. The van der Waals surface area contributed by atoms with Crippen LogP contribution in [0.5, 0.6) is 0 Å². The summed E-state index contributed by atoms with van der Waals surface area (Å²) in [5, 5.41) is 19.2. The molecule has 0 heterocycles. The van der Waals surface area contributed by atoms with Crippen molar-refractivity contribution in [2.75, 3.05) is 6.61 Å². The molecule has 0 aromatic heterocycles. The number of carboxylic acids is 2. The van der Waals surface area contributed by atoms with Gasteiger partial charge in [0.15, 0.2) is 5.78 Å². The molecule has 0 aliphatic rings. The first-order chi connectivity index (χ1) is 12.3. The molecule has 0 saturated carbocycles. The number of rotatable bonds is 17. The van der Waals surface area contributed by atoms with Gasteiger partial charge >= 0.3 is 11.9 Å². The van der Waals surface area contributed by atoms with Crippen LogP contribution in [0.4, 0.5) is 0 Å². The van der Waals surface area contributed by atoms with E-state index < -0.39 is 29.2 Å². The predicted octanol–water partition coefficient (Wildman–Crippen LogP) is 4.45. The average Bonchev–Trinajstić information content (AvgIpc) is 2.57. The zero-order valence-electron chi connectivity index (χ0n) is 16.6. The second-order valence-electron chi connectivity index (χ2n) is 6.95. The molecule has 0 aliphatic carbocycles. The van der Waals surface area contributed by atoms with Gasteiger partial charge in [-0.05, 0) is 19.8 Å². The Labute approximate surface area is 157 Å². The van der Waals surface area contributed by atoms with Gasteiger partial charge in [-0.2, -0.15) is 0 Å². The maximum atomic E-state index is 12.2. The van der Waals surface area contributed by atoms with Gasteiger partial charge in [-0.25, -0.2) is 4.79 Å². The first-order valence-corrected chi connectivity index (χ1v) is 9.95. The van der Waals surface area contributed by atoms with Crippen molar-refractivity contribution in [3.8, 4) is 0 Å². The highest BCUT2D eigenvalue weighted by molar-refractivity contribution is 6.08. The average molecular weight is 373 g/mol. The fraction of sp³-hybridized carbons (Fsp3) is 0.850. The molecule has 2 unspecified atom stereocenters. The van der Waals surface area contributed by atoms with Gasteiger partial charge in [0, 0.05) is 6.61 Å². The molecule has 0 fully saturated rings. The van der Waals surface area contributed by atoms with Crippen molar-refractivity contribution in [2.45, 2.75) is 97.0 Å². The molecule has 0 spiro atoms. The normalized spacial score (nSPS) is 14.6. The maximum Gasteiger partial charge on any atom is 0.344 e. The lowest BCUT2D eigenvalue weighted by Gasteiger charge is -2.32. The van der Waals surface area contributed by atoms with Crippen molar-refractivity contribution < 1.29 is 29.3 Å². The molecule has 26 heavy (non-hydrogen) atoms. The monoisotopic (exact) mass is 372 g/mol. The molecule has 0 bridgehead atoms. The van der Waals surface area contributed by atoms with Crippen molar-refractivity contribution in [3.05, 3.63) is 0 Å². The third-order valence-corrected chi connectivity index (χ3v) is 4.80. The van der Waals surface area contributed by atoms with Crippen LogP contribution in [-0.2, 0) is 19.1 Å². The third kappa shape index (κ3) is 7.85. The van der Waals surface area contributed by atoms with Crippen molar-refractivity contribution in [1.29, 1.82) is 0 Å². The Bertz CT molecular complexity index is 418. The molecule has 0 aromatic carbocycles. The first-order valence-electron chi connectivity index (χ1n) is 9.95. The predicted molar refractivity (Wildman–Crippen MR) is 100 cm³/mol. The molecule has 0 amide bonds. The molecule has 0 rings (SSSR count). The fourth-order valence-corrected chi connectivity index (χ4v) is 3.20. The van der Waals surface area contributed by atoms with E-state index in [4.69, 9.17) is 4.74 Å². The smallest absolute Gasteiger partial charge is 0.344 e. The molecule has 0 radical (unpaired) electrons. The van der Waals surface area contributed by atoms with Crippen LogP contribution in [0.1, 0.15) is 91.4 Å². The van der Waals surface area contributed by atoms with Crippen LogP contribution in [0.15, 0.2) is 0 Å². The van der Waals surface area contributed by atoms with Gasteiger partial charge in [-0.15, -0.1) is 0 Å². The zero-order valence-corrected chi connectivity index (χ0v) is 16.6. The Morgan fingerprint density at radius 2 is 1.35 bits per heavy atom. The zero-order chi connectivity index (χ0) is 20.0. The lowest BCUT2D eigenvalue weighted by atomic mass is 9.80. The first kappa shape index (κ1) is 24.6. The maximum absolute atomic E-state index is 12.2. The van der Waals surface area contributed by atoms with Gasteiger partial charge < -0.3 is 14.9 Å². The fourth-order valence-electron chi connectivity index (χ4n) is 3.20. The molecule has 6 heteroatoms. The van der Waals surface area contributed by atoms with Crippen LogP contribution in [0, 0.1) is 5.92 Å². The summed E-state index contributed by atoms with van der Waals surface area (Å²) < 4.78 is 5.51. The number of unbranched alkanes of at least 4 members (excludes halogenated alkanes) is 8. The highest BCUT2D eigenvalue weighted by Gasteiger charge is 2.54. The topological polar surface area (TPSA) is 101 Å². The summed E-state index contributed by atoms with van der Waals surface area (Å²) in [6.45, 7) is 5.35. The highest BCUT2D eigenvalue weighted by Crippen LogP contribution is 2.30. The summed E-state index contributed by atoms with van der Waals surface area (Å²) in [4.78, 5) is 35.8. The molecular weight excluding hydrogens is 336 g/mol. The van der Waals surface area contributed by atoms with Gasteiger partial charge in [0.05, 0.1) is 0 Å². The molecule has 2 atom stereocenters. The van der Waals surface area contributed by atoms with Crippen molar-refractivity contribution in [1.82, 2.24) is 0 Å². The Morgan fingerprint density at radius 3 is 1.81 bits per heavy atom. The minimum Gasteiger partial charge on any atom is -0.481 e. The number of aliphatic carboxylic acids is 2. The van der Waals surface area contributed by atoms with E-state index in [-0.39, 0.29) is 13.0 Å². The Kier molecular flexibility index (Phi) is 13.0. The molecular formula is C20H36O6.